The first kappa shape index (κ1) is 5.98. The van der Waals surface area contributed by atoms with Gasteiger partial charge >= 0.3 is 0 Å². The maximum Gasteiger partial charge on any atom is 0.108 e. The Morgan fingerprint density at radius 2 is 2.50 bits per heavy atom. The fourth-order valence-corrected chi connectivity index (χ4v) is 1.44. The number of hydrogen-bond donors (Lipinski definition) is 1. The molecule has 10 heavy (non-hydrogen) atoms. The van der Waals surface area contributed by atoms with Crippen LogP contribution in [0.25, 0.3) is 0 Å². The minimum Gasteiger partial charge on any atom is -0.469 e. The summed E-state index contributed by atoms with van der Waals surface area (Å²) in [5, 5.41) is 3.28. The standard InChI is InChI=1S/C8H11NO/c1-2-8-7-4-9-3-6(7)5-10-8/h5,9H,2-4H2,1H3. The molecule has 0 atom stereocenters. The van der Waals surface area contributed by atoms with Crippen molar-refractivity contribution in [3.8, 4) is 0 Å². The topological polar surface area (TPSA) is 25.2 Å². The largest absolute Gasteiger partial charge is 0.469 e. The van der Waals surface area contributed by atoms with Gasteiger partial charge in [0.15, 0.2) is 0 Å². The summed E-state index contributed by atoms with van der Waals surface area (Å²) in [6.45, 7) is 4.10. The molecule has 0 spiro atoms. The Labute approximate surface area is 60.2 Å². The molecule has 0 aliphatic carbocycles. The highest BCUT2D eigenvalue weighted by Gasteiger charge is 2.16. The second kappa shape index (κ2) is 2.13. The smallest absolute Gasteiger partial charge is 0.108 e. The Balaban J connectivity index is 2.44. The molecule has 1 aromatic rings. The molecule has 0 saturated heterocycles. The van der Waals surface area contributed by atoms with E-state index < -0.39 is 0 Å². The summed E-state index contributed by atoms with van der Waals surface area (Å²) in [7, 11) is 0. The van der Waals surface area contributed by atoms with E-state index in [1.165, 1.54) is 11.1 Å². The van der Waals surface area contributed by atoms with E-state index in [9.17, 15) is 0 Å². The Hall–Kier alpha value is -0.760. The van der Waals surface area contributed by atoms with Gasteiger partial charge in [-0.2, -0.15) is 0 Å². The molecule has 2 heteroatoms. The predicted octanol–water partition coefficient (Wildman–Crippen LogP) is 1.45. The second-order valence-corrected chi connectivity index (χ2v) is 2.62. The van der Waals surface area contributed by atoms with Crippen LogP contribution in [0.2, 0.25) is 0 Å². The third kappa shape index (κ3) is 0.688. The van der Waals surface area contributed by atoms with Gasteiger partial charge in [0, 0.05) is 30.6 Å². The quantitative estimate of drug-likeness (QED) is 0.633. The van der Waals surface area contributed by atoms with Crippen LogP contribution in [0.3, 0.4) is 0 Å². The van der Waals surface area contributed by atoms with Crippen molar-refractivity contribution >= 4 is 0 Å². The van der Waals surface area contributed by atoms with Crippen LogP contribution in [0.15, 0.2) is 10.7 Å². The Bertz CT molecular complexity index is 239. The third-order valence-corrected chi connectivity index (χ3v) is 2.01. The van der Waals surface area contributed by atoms with Crippen LogP contribution in [-0.2, 0) is 19.5 Å². The zero-order valence-corrected chi connectivity index (χ0v) is 6.11. The first-order valence-electron chi connectivity index (χ1n) is 3.70. The molecule has 2 rings (SSSR count). The van der Waals surface area contributed by atoms with E-state index in [-0.39, 0.29) is 0 Å². The van der Waals surface area contributed by atoms with Crippen LogP contribution in [-0.4, -0.2) is 0 Å². The van der Waals surface area contributed by atoms with Crippen LogP contribution < -0.4 is 5.32 Å². The fraction of sp³-hybridized carbons (Fsp3) is 0.500. The maximum absolute atomic E-state index is 5.35. The highest BCUT2D eigenvalue weighted by molar-refractivity contribution is 5.31. The minimum absolute atomic E-state index is 0.985. The molecule has 1 aliphatic rings. The second-order valence-electron chi connectivity index (χ2n) is 2.62. The van der Waals surface area contributed by atoms with Crippen molar-refractivity contribution in [3.63, 3.8) is 0 Å². The molecule has 0 saturated carbocycles. The van der Waals surface area contributed by atoms with E-state index >= 15 is 0 Å². The summed E-state index contributed by atoms with van der Waals surface area (Å²) in [6.07, 6.45) is 2.88. The number of hydrogen-bond acceptors (Lipinski definition) is 2. The summed E-state index contributed by atoms with van der Waals surface area (Å²) < 4.78 is 5.35. The average molecular weight is 137 g/mol. The number of nitrogens with one attached hydrogen (secondary N) is 1. The highest BCUT2D eigenvalue weighted by Crippen LogP contribution is 2.21. The molecule has 0 aromatic carbocycles. The van der Waals surface area contributed by atoms with E-state index in [1.807, 2.05) is 6.26 Å². The summed E-state index contributed by atoms with van der Waals surface area (Å²) in [5.74, 6) is 1.15. The van der Waals surface area contributed by atoms with E-state index in [0.717, 1.165) is 25.3 Å². The Morgan fingerprint density at radius 1 is 1.60 bits per heavy atom. The lowest BCUT2D eigenvalue weighted by Crippen LogP contribution is -2.01. The molecule has 0 fully saturated rings. The van der Waals surface area contributed by atoms with Gasteiger partial charge in [-0.05, 0) is 0 Å². The van der Waals surface area contributed by atoms with Crippen molar-refractivity contribution in [2.45, 2.75) is 26.4 Å². The van der Waals surface area contributed by atoms with Crippen molar-refractivity contribution in [2.24, 2.45) is 0 Å². The zero-order chi connectivity index (χ0) is 6.97. The molecule has 0 radical (unpaired) electrons. The molecule has 0 amide bonds. The van der Waals surface area contributed by atoms with Crippen LogP contribution in [0.5, 0.6) is 0 Å². The lowest BCUT2D eigenvalue weighted by atomic mass is 10.2. The molecule has 2 nitrogen and oxygen atoms in total. The highest BCUT2D eigenvalue weighted by atomic mass is 16.3. The molecular formula is C8H11NO. The molecule has 54 valence electrons. The number of rotatable bonds is 1. The Kier molecular flexibility index (Phi) is 1.27. The number of furan rings is 1. The Morgan fingerprint density at radius 3 is 3.30 bits per heavy atom. The van der Waals surface area contributed by atoms with Crippen LogP contribution >= 0.6 is 0 Å². The maximum atomic E-state index is 5.35. The lowest BCUT2D eigenvalue weighted by Gasteiger charge is -1.92. The molecule has 1 N–H and O–H groups in total. The third-order valence-electron chi connectivity index (χ3n) is 2.01. The van der Waals surface area contributed by atoms with Crippen molar-refractivity contribution in [3.05, 3.63) is 23.2 Å². The van der Waals surface area contributed by atoms with Gasteiger partial charge in [-0.1, -0.05) is 6.92 Å². The summed E-state index contributed by atoms with van der Waals surface area (Å²) in [4.78, 5) is 0. The normalized spacial score (nSPS) is 15.7. The number of aryl methyl sites for hydroxylation is 1. The van der Waals surface area contributed by atoms with E-state index in [4.69, 9.17) is 4.42 Å². The van der Waals surface area contributed by atoms with Crippen molar-refractivity contribution in [2.75, 3.05) is 0 Å². The van der Waals surface area contributed by atoms with Crippen LogP contribution in [0, 0.1) is 0 Å². The van der Waals surface area contributed by atoms with Gasteiger partial charge < -0.3 is 9.73 Å². The molecule has 1 aliphatic heterocycles. The van der Waals surface area contributed by atoms with Crippen LogP contribution in [0.4, 0.5) is 0 Å². The summed E-state index contributed by atoms with van der Waals surface area (Å²) >= 11 is 0. The molecule has 2 heterocycles. The van der Waals surface area contributed by atoms with Gasteiger partial charge in [-0.25, -0.2) is 0 Å². The summed E-state index contributed by atoms with van der Waals surface area (Å²) in [6, 6.07) is 0. The van der Waals surface area contributed by atoms with Crippen molar-refractivity contribution in [1.82, 2.24) is 5.32 Å². The molecule has 1 aromatic heterocycles. The van der Waals surface area contributed by atoms with Gasteiger partial charge in [0.05, 0.1) is 6.26 Å². The van der Waals surface area contributed by atoms with Gasteiger partial charge in [0.25, 0.3) is 0 Å². The minimum atomic E-state index is 0.985. The van der Waals surface area contributed by atoms with Crippen LogP contribution in [0.1, 0.15) is 23.8 Å². The van der Waals surface area contributed by atoms with Crippen molar-refractivity contribution < 1.29 is 4.42 Å². The lowest BCUT2D eigenvalue weighted by molar-refractivity contribution is 0.501. The predicted molar refractivity (Wildman–Crippen MR) is 38.6 cm³/mol. The molecular weight excluding hydrogens is 126 g/mol. The average Bonchev–Trinajstić information content (AvgIpc) is 2.44. The molecule has 0 bridgehead atoms. The molecule has 0 unspecified atom stereocenters. The van der Waals surface area contributed by atoms with Crippen molar-refractivity contribution in [1.29, 1.82) is 0 Å². The first-order valence-corrected chi connectivity index (χ1v) is 3.70. The monoisotopic (exact) mass is 137 g/mol. The van der Waals surface area contributed by atoms with E-state index in [2.05, 4.69) is 12.2 Å². The summed E-state index contributed by atoms with van der Waals surface area (Å²) in [5.41, 5.74) is 2.74. The SMILES string of the molecule is CCc1occ2c1CNC2. The van der Waals surface area contributed by atoms with E-state index in [0.29, 0.717) is 0 Å². The van der Waals surface area contributed by atoms with Gasteiger partial charge in [0.1, 0.15) is 5.76 Å². The van der Waals surface area contributed by atoms with E-state index in [1.54, 1.807) is 0 Å². The number of fused-ring (bicyclic) bond motifs is 1. The van der Waals surface area contributed by atoms with Gasteiger partial charge in [0.2, 0.25) is 0 Å². The van der Waals surface area contributed by atoms with Gasteiger partial charge in [-0.15, -0.1) is 0 Å². The fourth-order valence-electron chi connectivity index (χ4n) is 1.44. The van der Waals surface area contributed by atoms with Gasteiger partial charge in [-0.3, -0.25) is 0 Å². The first-order chi connectivity index (χ1) is 4.92. The zero-order valence-electron chi connectivity index (χ0n) is 6.11.